The van der Waals surface area contributed by atoms with E-state index in [2.05, 4.69) is 34.1 Å². The van der Waals surface area contributed by atoms with Crippen molar-refractivity contribution in [3.8, 4) is 0 Å². The van der Waals surface area contributed by atoms with Crippen molar-refractivity contribution >= 4 is 22.0 Å². The zero-order valence-corrected chi connectivity index (χ0v) is 8.79. The van der Waals surface area contributed by atoms with Gasteiger partial charge in [-0.25, -0.2) is 0 Å². The second-order valence-corrected chi connectivity index (χ2v) is 4.27. The lowest BCUT2D eigenvalue weighted by Crippen LogP contribution is -1.81. The van der Waals surface area contributed by atoms with Gasteiger partial charge in [0.25, 0.3) is 0 Å². The summed E-state index contributed by atoms with van der Waals surface area (Å²) < 4.78 is 1.10. The maximum absolute atomic E-state index is 8.85. The van der Waals surface area contributed by atoms with Gasteiger partial charge in [0.15, 0.2) is 0 Å². The van der Waals surface area contributed by atoms with Crippen LogP contribution in [0.3, 0.4) is 0 Å². The summed E-state index contributed by atoms with van der Waals surface area (Å²) in [7, 11) is 0. The molecule has 1 saturated carbocycles. The van der Waals surface area contributed by atoms with E-state index in [0.717, 1.165) is 10.9 Å². The first-order valence-electron chi connectivity index (χ1n) is 4.36. The summed E-state index contributed by atoms with van der Waals surface area (Å²) in [6.07, 6.45) is 3.22. The molecule has 1 aromatic rings. The van der Waals surface area contributed by atoms with Crippen LogP contribution in [0.15, 0.2) is 34.3 Å². The molecular formula is C11H11BrO. The minimum atomic E-state index is 0.294. The van der Waals surface area contributed by atoms with Gasteiger partial charge in [-0.05, 0) is 24.1 Å². The highest BCUT2D eigenvalue weighted by Gasteiger charge is 2.27. The highest BCUT2D eigenvalue weighted by atomic mass is 79.9. The van der Waals surface area contributed by atoms with Gasteiger partial charge >= 0.3 is 0 Å². The number of hydrogen-bond acceptors (Lipinski definition) is 1. The van der Waals surface area contributed by atoms with E-state index in [1.807, 2.05) is 12.1 Å². The lowest BCUT2D eigenvalue weighted by atomic mass is 10.2. The van der Waals surface area contributed by atoms with Gasteiger partial charge in [-0.2, -0.15) is 0 Å². The van der Waals surface area contributed by atoms with Gasteiger partial charge in [0.05, 0.1) is 0 Å². The predicted octanol–water partition coefficient (Wildman–Crippen LogP) is 2.84. The Labute approximate surface area is 86.2 Å². The van der Waals surface area contributed by atoms with Crippen LogP contribution in [0, 0.1) is 5.92 Å². The Bertz CT molecular complexity index is 326. The van der Waals surface area contributed by atoms with E-state index in [-0.39, 0.29) is 0 Å². The lowest BCUT2D eigenvalue weighted by molar-refractivity contribution is 0.281. The van der Waals surface area contributed by atoms with Crippen molar-refractivity contribution in [2.75, 3.05) is 6.61 Å². The highest BCUT2D eigenvalue weighted by molar-refractivity contribution is 9.10. The fourth-order valence-corrected chi connectivity index (χ4v) is 1.62. The van der Waals surface area contributed by atoms with E-state index in [1.165, 1.54) is 11.1 Å². The third-order valence-electron chi connectivity index (χ3n) is 2.29. The van der Waals surface area contributed by atoms with Gasteiger partial charge in [-0.15, -0.1) is 0 Å². The Hall–Kier alpha value is -0.600. The maximum atomic E-state index is 8.85. The Morgan fingerprint density at radius 2 is 2.08 bits per heavy atom. The molecule has 1 fully saturated rings. The zero-order chi connectivity index (χ0) is 9.26. The molecule has 0 saturated heterocycles. The van der Waals surface area contributed by atoms with Crippen molar-refractivity contribution in [1.82, 2.24) is 0 Å². The van der Waals surface area contributed by atoms with E-state index in [4.69, 9.17) is 5.11 Å². The fraction of sp³-hybridized carbons (Fsp3) is 0.273. The third-order valence-corrected chi connectivity index (χ3v) is 2.82. The van der Waals surface area contributed by atoms with Crippen molar-refractivity contribution in [3.05, 3.63) is 39.9 Å². The molecule has 1 aromatic carbocycles. The molecule has 1 aliphatic rings. The monoisotopic (exact) mass is 238 g/mol. The normalized spacial score (nSPS) is 23.5. The molecule has 1 unspecified atom stereocenters. The van der Waals surface area contributed by atoms with Crippen molar-refractivity contribution in [2.45, 2.75) is 6.42 Å². The van der Waals surface area contributed by atoms with Crippen molar-refractivity contribution < 1.29 is 5.11 Å². The first-order chi connectivity index (χ1) is 6.29. The second-order valence-electron chi connectivity index (χ2n) is 3.35. The van der Waals surface area contributed by atoms with E-state index in [1.54, 1.807) is 0 Å². The standard InChI is InChI=1S/C11H11BrO/c12-11-3-1-8(2-4-11)5-9-6-10(9)7-13/h1-5,10,13H,6-7H2. The molecule has 2 rings (SSSR count). The molecule has 68 valence electrons. The topological polar surface area (TPSA) is 20.2 Å². The van der Waals surface area contributed by atoms with Crippen molar-refractivity contribution in [1.29, 1.82) is 0 Å². The molecule has 0 radical (unpaired) electrons. The van der Waals surface area contributed by atoms with Crippen molar-refractivity contribution in [2.24, 2.45) is 5.92 Å². The molecule has 0 spiro atoms. The minimum absolute atomic E-state index is 0.294. The summed E-state index contributed by atoms with van der Waals surface area (Å²) in [6, 6.07) is 8.21. The first-order valence-corrected chi connectivity index (χ1v) is 5.16. The Morgan fingerprint density at radius 3 is 2.62 bits per heavy atom. The Kier molecular flexibility index (Phi) is 2.51. The summed E-state index contributed by atoms with van der Waals surface area (Å²) in [5.74, 6) is 0.434. The number of rotatable bonds is 2. The van der Waals surface area contributed by atoms with E-state index in [0.29, 0.717) is 12.5 Å². The quantitative estimate of drug-likeness (QED) is 0.841. The van der Waals surface area contributed by atoms with E-state index < -0.39 is 0 Å². The lowest BCUT2D eigenvalue weighted by Gasteiger charge is -1.92. The van der Waals surface area contributed by atoms with Crippen LogP contribution in [0.2, 0.25) is 0 Å². The highest BCUT2D eigenvalue weighted by Crippen LogP contribution is 2.38. The predicted molar refractivity (Wildman–Crippen MR) is 57.3 cm³/mol. The number of benzene rings is 1. The summed E-state index contributed by atoms with van der Waals surface area (Å²) in [6.45, 7) is 0.294. The summed E-state index contributed by atoms with van der Waals surface area (Å²) in [4.78, 5) is 0. The van der Waals surface area contributed by atoms with E-state index >= 15 is 0 Å². The van der Waals surface area contributed by atoms with Crippen LogP contribution in [0.5, 0.6) is 0 Å². The molecule has 13 heavy (non-hydrogen) atoms. The zero-order valence-electron chi connectivity index (χ0n) is 7.20. The smallest absolute Gasteiger partial charge is 0.0499 e. The number of halogens is 1. The molecule has 0 aliphatic heterocycles. The number of hydrogen-bond donors (Lipinski definition) is 1. The minimum Gasteiger partial charge on any atom is -0.396 e. The average molecular weight is 239 g/mol. The van der Waals surface area contributed by atoms with Crippen LogP contribution in [-0.2, 0) is 0 Å². The van der Waals surface area contributed by atoms with Crippen LogP contribution in [-0.4, -0.2) is 11.7 Å². The molecule has 1 atom stereocenters. The molecule has 2 heteroatoms. The summed E-state index contributed by atoms with van der Waals surface area (Å²) in [5.41, 5.74) is 2.58. The maximum Gasteiger partial charge on any atom is 0.0499 e. The third kappa shape index (κ3) is 2.20. The van der Waals surface area contributed by atoms with Gasteiger partial charge in [-0.1, -0.05) is 39.7 Å². The molecule has 0 bridgehead atoms. The van der Waals surface area contributed by atoms with E-state index in [9.17, 15) is 0 Å². The Balaban J connectivity index is 2.11. The van der Waals surface area contributed by atoms with Crippen molar-refractivity contribution in [3.63, 3.8) is 0 Å². The Morgan fingerprint density at radius 1 is 1.38 bits per heavy atom. The van der Waals surface area contributed by atoms with Crippen LogP contribution in [0.1, 0.15) is 12.0 Å². The number of aliphatic hydroxyl groups excluding tert-OH is 1. The molecule has 0 aromatic heterocycles. The molecule has 1 aliphatic carbocycles. The molecule has 1 N–H and O–H groups in total. The van der Waals surface area contributed by atoms with Gasteiger partial charge in [0.2, 0.25) is 0 Å². The summed E-state index contributed by atoms with van der Waals surface area (Å²) >= 11 is 3.39. The van der Waals surface area contributed by atoms with Gasteiger partial charge in [0.1, 0.15) is 0 Å². The largest absolute Gasteiger partial charge is 0.396 e. The molecular weight excluding hydrogens is 228 g/mol. The number of aliphatic hydroxyl groups is 1. The molecule has 1 nitrogen and oxygen atoms in total. The van der Waals surface area contributed by atoms with Gasteiger partial charge in [0, 0.05) is 17.0 Å². The first kappa shape index (κ1) is 8.97. The van der Waals surface area contributed by atoms with Crippen LogP contribution in [0.25, 0.3) is 6.08 Å². The molecule has 0 amide bonds. The van der Waals surface area contributed by atoms with Crippen LogP contribution >= 0.6 is 15.9 Å². The SMILES string of the molecule is OCC1CC1=Cc1ccc(Br)cc1. The second kappa shape index (κ2) is 3.64. The van der Waals surface area contributed by atoms with Gasteiger partial charge in [-0.3, -0.25) is 0 Å². The van der Waals surface area contributed by atoms with Crippen LogP contribution in [0.4, 0.5) is 0 Å². The van der Waals surface area contributed by atoms with Gasteiger partial charge < -0.3 is 5.11 Å². The average Bonchev–Trinajstić information content (AvgIpc) is 2.88. The van der Waals surface area contributed by atoms with Crippen LogP contribution < -0.4 is 0 Å². The molecule has 0 heterocycles. The summed E-state index contributed by atoms with van der Waals surface area (Å²) in [5, 5.41) is 8.85. The fourth-order valence-electron chi connectivity index (χ4n) is 1.36.